The fourth-order valence-corrected chi connectivity index (χ4v) is 5.42. The van der Waals surface area contributed by atoms with Crippen LogP contribution in [0, 0.1) is 5.92 Å². The second kappa shape index (κ2) is 13.1. The molecule has 0 radical (unpaired) electrons. The summed E-state index contributed by atoms with van der Waals surface area (Å²) >= 11 is 1.30. The predicted molar refractivity (Wildman–Crippen MR) is 137 cm³/mol. The van der Waals surface area contributed by atoms with Crippen LogP contribution in [0.25, 0.3) is 0 Å². The number of benzene rings is 1. The van der Waals surface area contributed by atoms with Crippen LogP contribution in [0.2, 0.25) is 0 Å². The molecule has 1 saturated heterocycles. The number of aryl methyl sites for hydroxylation is 2. The largest absolute Gasteiger partial charge is 0.465 e. The van der Waals surface area contributed by atoms with Crippen molar-refractivity contribution in [2.24, 2.45) is 5.92 Å². The number of rotatable bonds is 13. The number of aliphatic hydroxyl groups excluding tert-OH is 1. The molecule has 1 aliphatic heterocycles. The minimum Gasteiger partial charge on any atom is -0.465 e. The van der Waals surface area contributed by atoms with Crippen LogP contribution in [-0.2, 0) is 22.4 Å². The summed E-state index contributed by atoms with van der Waals surface area (Å²) in [5.74, 6) is -4.98. The number of amides is 1. The summed E-state index contributed by atoms with van der Waals surface area (Å²) in [7, 11) is 1.32. The number of ether oxygens (including phenoxy) is 1. The van der Waals surface area contributed by atoms with E-state index in [0.717, 1.165) is 30.6 Å². The van der Waals surface area contributed by atoms with Gasteiger partial charge in [-0.15, -0.1) is 11.3 Å². The lowest BCUT2D eigenvalue weighted by Gasteiger charge is -2.22. The summed E-state index contributed by atoms with van der Waals surface area (Å²) in [5, 5.41) is 10.6. The topological polar surface area (TPSA) is 66.8 Å². The molecule has 1 aromatic carbocycles. The predicted octanol–water partition coefficient (Wildman–Crippen LogP) is 5.67. The van der Waals surface area contributed by atoms with Gasteiger partial charge in [0.25, 0.3) is 5.91 Å². The summed E-state index contributed by atoms with van der Waals surface area (Å²) in [6.07, 6.45) is 6.66. The number of alkyl halides is 2. The van der Waals surface area contributed by atoms with E-state index in [2.05, 4.69) is 12.1 Å². The third kappa shape index (κ3) is 7.71. The van der Waals surface area contributed by atoms with Crippen molar-refractivity contribution in [1.29, 1.82) is 0 Å². The van der Waals surface area contributed by atoms with Gasteiger partial charge < -0.3 is 14.7 Å². The average molecular weight is 520 g/mol. The SMILES string of the molecule is COC(=O)c1ccc(CCCN2C(=O)C(F)(F)C[C@@H]2C=C[C@@H](O)[C@@H](C)CCCCc2ccccc2)s1. The van der Waals surface area contributed by atoms with Crippen molar-refractivity contribution in [3.05, 3.63) is 69.9 Å². The van der Waals surface area contributed by atoms with Gasteiger partial charge in [0.05, 0.1) is 19.3 Å². The summed E-state index contributed by atoms with van der Waals surface area (Å²) < 4.78 is 33.1. The number of carbonyl (C=O) groups excluding carboxylic acids is 2. The normalized spacial score (nSPS) is 19.1. The Kier molecular flexibility index (Phi) is 10.2. The Hall–Kier alpha value is -2.58. The standard InChI is InChI=1S/C28H35F2NO4S/c1-20(9-6-7-12-21-10-4-3-5-11-21)24(32)16-14-22-19-28(29,30)27(34)31(22)18-8-13-23-15-17-25(36-23)26(33)35-2/h3-5,10-11,14-17,20,22,24,32H,6-9,12-13,18-19H2,1-2H3/t20-,22-,24+/m0/s1. The molecule has 36 heavy (non-hydrogen) atoms. The van der Waals surface area contributed by atoms with Gasteiger partial charge in [0.15, 0.2) is 0 Å². The molecule has 5 nitrogen and oxygen atoms in total. The van der Waals surface area contributed by atoms with E-state index in [0.29, 0.717) is 17.7 Å². The van der Waals surface area contributed by atoms with E-state index in [1.54, 1.807) is 18.2 Å². The van der Waals surface area contributed by atoms with Crippen LogP contribution in [0.3, 0.4) is 0 Å². The minimum atomic E-state index is -3.40. The molecule has 0 spiro atoms. The monoisotopic (exact) mass is 519 g/mol. The molecule has 0 aliphatic carbocycles. The first-order chi connectivity index (χ1) is 17.2. The molecule has 0 unspecified atom stereocenters. The molecule has 8 heteroatoms. The number of esters is 1. The molecule has 1 amide bonds. The number of likely N-dealkylation sites (tertiary alicyclic amines) is 1. The molecular weight excluding hydrogens is 484 g/mol. The number of hydrogen-bond donors (Lipinski definition) is 1. The summed E-state index contributed by atoms with van der Waals surface area (Å²) in [6.45, 7) is 2.13. The first-order valence-electron chi connectivity index (χ1n) is 12.5. The summed E-state index contributed by atoms with van der Waals surface area (Å²) in [6, 6.07) is 13.0. The first kappa shape index (κ1) is 28.0. The minimum absolute atomic E-state index is 0.00840. The van der Waals surface area contributed by atoms with Crippen LogP contribution in [0.1, 0.15) is 59.1 Å². The van der Waals surface area contributed by atoms with E-state index in [4.69, 9.17) is 4.74 Å². The van der Waals surface area contributed by atoms with Crippen molar-refractivity contribution in [2.45, 2.75) is 69.9 Å². The quantitative estimate of drug-likeness (QED) is 0.210. The van der Waals surface area contributed by atoms with Gasteiger partial charge in [0.1, 0.15) is 4.88 Å². The lowest BCUT2D eigenvalue weighted by atomic mass is 9.95. The molecule has 0 bridgehead atoms. The van der Waals surface area contributed by atoms with Crippen molar-refractivity contribution in [1.82, 2.24) is 4.90 Å². The molecule has 1 N–H and O–H groups in total. The zero-order valence-corrected chi connectivity index (χ0v) is 21.7. The van der Waals surface area contributed by atoms with Crippen LogP contribution in [-0.4, -0.2) is 53.6 Å². The number of thiophene rings is 1. The molecule has 3 atom stereocenters. The lowest BCUT2D eigenvalue weighted by molar-refractivity contribution is -0.148. The number of unbranched alkanes of at least 4 members (excludes halogenated alkanes) is 1. The fourth-order valence-electron chi connectivity index (χ4n) is 4.45. The zero-order valence-electron chi connectivity index (χ0n) is 20.9. The van der Waals surface area contributed by atoms with Gasteiger partial charge in [-0.25, -0.2) is 4.79 Å². The van der Waals surface area contributed by atoms with Crippen molar-refractivity contribution in [3.8, 4) is 0 Å². The van der Waals surface area contributed by atoms with E-state index in [-0.39, 0.29) is 12.5 Å². The second-order valence-electron chi connectivity index (χ2n) is 9.42. The number of hydrogen-bond acceptors (Lipinski definition) is 5. The van der Waals surface area contributed by atoms with Gasteiger partial charge in [-0.1, -0.05) is 55.8 Å². The van der Waals surface area contributed by atoms with Crippen molar-refractivity contribution >= 4 is 23.2 Å². The number of halogens is 2. The lowest BCUT2D eigenvalue weighted by Crippen LogP contribution is -2.36. The third-order valence-corrected chi connectivity index (χ3v) is 7.77. The highest BCUT2D eigenvalue weighted by atomic mass is 32.1. The van der Waals surface area contributed by atoms with Crippen molar-refractivity contribution in [3.63, 3.8) is 0 Å². The highest BCUT2D eigenvalue weighted by molar-refractivity contribution is 7.13. The maximum absolute atomic E-state index is 14.2. The van der Waals surface area contributed by atoms with E-state index in [1.807, 2.05) is 31.2 Å². The first-order valence-corrected chi connectivity index (χ1v) is 13.3. The fraction of sp³-hybridized carbons (Fsp3) is 0.500. The number of carbonyl (C=O) groups is 2. The van der Waals surface area contributed by atoms with E-state index in [9.17, 15) is 23.5 Å². The number of aliphatic hydroxyl groups is 1. The summed E-state index contributed by atoms with van der Waals surface area (Å²) in [5.41, 5.74) is 1.29. The molecule has 196 valence electrons. The van der Waals surface area contributed by atoms with Gasteiger partial charge in [-0.05, 0) is 55.7 Å². The van der Waals surface area contributed by atoms with Crippen LogP contribution in [0.15, 0.2) is 54.6 Å². The average Bonchev–Trinajstić information content (AvgIpc) is 3.43. The molecule has 0 saturated carbocycles. The van der Waals surface area contributed by atoms with Gasteiger partial charge in [-0.3, -0.25) is 4.79 Å². The van der Waals surface area contributed by atoms with Gasteiger partial charge in [-0.2, -0.15) is 8.78 Å². The van der Waals surface area contributed by atoms with Crippen LogP contribution < -0.4 is 0 Å². The maximum atomic E-state index is 14.2. The Balaban J connectivity index is 1.48. The molecule has 2 heterocycles. The van der Waals surface area contributed by atoms with Gasteiger partial charge in [0, 0.05) is 17.8 Å². The summed E-state index contributed by atoms with van der Waals surface area (Å²) in [4.78, 5) is 26.5. The van der Waals surface area contributed by atoms with E-state index < -0.39 is 36.4 Å². The molecule has 1 aromatic heterocycles. The Morgan fingerprint density at radius 1 is 1.19 bits per heavy atom. The number of methoxy groups -OCH3 is 1. The zero-order chi connectivity index (χ0) is 26.1. The highest BCUT2D eigenvalue weighted by Crippen LogP contribution is 2.34. The number of nitrogens with zero attached hydrogens (tertiary/aromatic N) is 1. The molecular formula is C28H35F2NO4S. The molecule has 1 aliphatic rings. The second-order valence-corrected chi connectivity index (χ2v) is 10.6. The molecule has 2 aromatic rings. The van der Waals surface area contributed by atoms with Crippen LogP contribution in [0.4, 0.5) is 8.78 Å². The van der Waals surface area contributed by atoms with Crippen LogP contribution >= 0.6 is 11.3 Å². The molecule has 1 fully saturated rings. The highest BCUT2D eigenvalue weighted by Gasteiger charge is 2.52. The van der Waals surface area contributed by atoms with Gasteiger partial charge >= 0.3 is 11.9 Å². The van der Waals surface area contributed by atoms with Gasteiger partial charge in [0.2, 0.25) is 0 Å². The van der Waals surface area contributed by atoms with Crippen molar-refractivity contribution in [2.75, 3.05) is 13.7 Å². The Labute approximate surface area is 215 Å². The smallest absolute Gasteiger partial charge is 0.348 e. The van der Waals surface area contributed by atoms with Crippen molar-refractivity contribution < 1.29 is 28.2 Å². The Morgan fingerprint density at radius 3 is 2.67 bits per heavy atom. The van der Waals surface area contributed by atoms with E-state index >= 15 is 0 Å². The van der Waals surface area contributed by atoms with Crippen LogP contribution in [0.5, 0.6) is 0 Å². The Morgan fingerprint density at radius 2 is 1.94 bits per heavy atom. The Bertz CT molecular complexity index is 1020. The third-order valence-electron chi connectivity index (χ3n) is 6.64. The molecule has 3 rings (SSSR count). The van der Waals surface area contributed by atoms with E-state index in [1.165, 1.54) is 28.9 Å². The maximum Gasteiger partial charge on any atom is 0.348 e.